The summed E-state index contributed by atoms with van der Waals surface area (Å²) in [6.45, 7) is 2.96. The van der Waals surface area contributed by atoms with E-state index in [9.17, 15) is 4.79 Å². The molecule has 5 rings (SSSR count). The molecule has 2 N–H and O–H groups in total. The van der Waals surface area contributed by atoms with Crippen molar-refractivity contribution in [3.8, 4) is 11.1 Å². The van der Waals surface area contributed by atoms with Crippen LogP contribution in [0, 0.1) is 5.92 Å². The van der Waals surface area contributed by atoms with E-state index in [1.807, 2.05) is 49.3 Å². The molecule has 1 aliphatic carbocycles. The van der Waals surface area contributed by atoms with Crippen LogP contribution in [0.5, 0.6) is 0 Å². The van der Waals surface area contributed by atoms with Gasteiger partial charge >= 0.3 is 0 Å². The highest BCUT2D eigenvalue weighted by atomic mass is 16.1. The van der Waals surface area contributed by atoms with Gasteiger partial charge in [0.2, 0.25) is 5.95 Å². The molecule has 0 radical (unpaired) electrons. The third-order valence-electron chi connectivity index (χ3n) is 8.49. The predicted octanol–water partition coefficient (Wildman–Crippen LogP) is 7.89. The number of unbranched alkanes of at least 4 members (excludes halogenated alkanes) is 3. The van der Waals surface area contributed by atoms with Crippen LogP contribution in [0.15, 0.2) is 72.8 Å². The molecule has 1 amide bonds. The summed E-state index contributed by atoms with van der Waals surface area (Å²) in [7, 11) is 4.03. The number of carbonyl (C=O) groups excluding carboxylic acids is 1. The van der Waals surface area contributed by atoms with E-state index < -0.39 is 0 Å². The molecule has 0 saturated heterocycles. The minimum Gasteiger partial charge on any atom is -0.362 e. The van der Waals surface area contributed by atoms with Crippen LogP contribution in [0.2, 0.25) is 0 Å². The van der Waals surface area contributed by atoms with Gasteiger partial charge in [-0.2, -0.15) is 4.98 Å². The molecule has 6 nitrogen and oxygen atoms in total. The van der Waals surface area contributed by atoms with E-state index in [2.05, 4.69) is 60.0 Å². The van der Waals surface area contributed by atoms with Crippen molar-refractivity contribution in [2.75, 3.05) is 30.9 Å². The van der Waals surface area contributed by atoms with E-state index in [-0.39, 0.29) is 5.91 Å². The highest BCUT2D eigenvalue weighted by Crippen LogP contribution is 2.28. The van der Waals surface area contributed by atoms with E-state index in [4.69, 9.17) is 9.97 Å². The maximum atomic E-state index is 12.9. The second kappa shape index (κ2) is 14.3. The summed E-state index contributed by atoms with van der Waals surface area (Å²) < 4.78 is 0. The number of aromatic nitrogens is 2. The normalized spacial score (nSPS) is 16.7. The molecule has 4 aromatic rings. The molecule has 1 fully saturated rings. The van der Waals surface area contributed by atoms with E-state index in [1.165, 1.54) is 36.8 Å². The average molecular weight is 564 g/mol. The Morgan fingerprint density at radius 3 is 2.21 bits per heavy atom. The van der Waals surface area contributed by atoms with Crippen LogP contribution in [-0.4, -0.2) is 42.6 Å². The molecule has 0 bridgehead atoms. The lowest BCUT2D eigenvalue weighted by atomic mass is 9.86. The van der Waals surface area contributed by atoms with Gasteiger partial charge in [0.15, 0.2) is 0 Å². The van der Waals surface area contributed by atoms with Gasteiger partial charge in [0, 0.05) is 37.6 Å². The van der Waals surface area contributed by atoms with Gasteiger partial charge in [0.1, 0.15) is 5.82 Å². The SMILES string of the molecule is CCCCCCc1ccc(-c2ccc(C(=O)NCC3CCC(Nc4nc(N(C)C)c5ccccc5n4)CC3)cc2)cc1. The number of benzene rings is 3. The molecule has 3 aromatic carbocycles. The lowest BCUT2D eigenvalue weighted by Crippen LogP contribution is -2.34. The summed E-state index contributed by atoms with van der Waals surface area (Å²) in [4.78, 5) is 24.5. The first-order valence-electron chi connectivity index (χ1n) is 15.7. The third kappa shape index (κ3) is 7.67. The van der Waals surface area contributed by atoms with Gasteiger partial charge in [-0.25, -0.2) is 4.98 Å². The van der Waals surface area contributed by atoms with Crippen molar-refractivity contribution < 1.29 is 4.79 Å². The third-order valence-corrected chi connectivity index (χ3v) is 8.49. The summed E-state index contributed by atoms with van der Waals surface area (Å²) in [6.07, 6.45) is 10.5. The first-order valence-corrected chi connectivity index (χ1v) is 15.7. The van der Waals surface area contributed by atoms with Crippen LogP contribution in [0.25, 0.3) is 22.0 Å². The van der Waals surface area contributed by atoms with Crippen molar-refractivity contribution in [2.24, 2.45) is 5.92 Å². The zero-order valence-electron chi connectivity index (χ0n) is 25.4. The molecule has 0 atom stereocenters. The number of hydrogen-bond acceptors (Lipinski definition) is 5. The number of nitrogens with one attached hydrogen (secondary N) is 2. The average Bonchev–Trinajstić information content (AvgIpc) is 3.02. The highest BCUT2D eigenvalue weighted by Gasteiger charge is 2.23. The summed E-state index contributed by atoms with van der Waals surface area (Å²) in [5, 5.41) is 7.82. The number of para-hydroxylation sites is 1. The minimum absolute atomic E-state index is 0.00463. The number of rotatable bonds is 12. The van der Waals surface area contributed by atoms with Gasteiger partial charge < -0.3 is 15.5 Å². The van der Waals surface area contributed by atoms with Crippen LogP contribution >= 0.6 is 0 Å². The Morgan fingerprint density at radius 1 is 0.833 bits per heavy atom. The predicted molar refractivity (Wildman–Crippen MR) is 175 cm³/mol. The van der Waals surface area contributed by atoms with Crippen molar-refractivity contribution in [3.05, 3.63) is 83.9 Å². The van der Waals surface area contributed by atoms with E-state index in [0.717, 1.165) is 54.4 Å². The van der Waals surface area contributed by atoms with Crippen molar-refractivity contribution in [3.63, 3.8) is 0 Å². The van der Waals surface area contributed by atoms with Crippen LogP contribution in [0.3, 0.4) is 0 Å². The Labute approximate surface area is 251 Å². The molecule has 1 saturated carbocycles. The first kappa shape index (κ1) is 29.6. The second-order valence-corrected chi connectivity index (χ2v) is 11.9. The second-order valence-electron chi connectivity index (χ2n) is 11.9. The van der Waals surface area contributed by atoms with Crippen LogP contribution in [-0.2, 0) is 6.42 Å². The number of aryl methyl sites for hydroxylation is 1. The monoisotopic (exact) mass is 563 g/mol. The van der Waals surface area contributed by atoms with Gasteiger partial charge in [0.25, 0.3) is 5.91 Å². The molecule has 1 heterocycles. The quantitative estimate of drug-likeness (QED) is 0.172. The Kier molecular flexibility index (Phi) is 10.1. The number of hydrogen-bond donors (Lipinski definition) is 2. The summed E-state index contributed by atoms with van der Waals surface area (Å²) in [5.74, 6) is 2.11. The maximum absolute atomic E-state index is 12.9. The lowest BCUT2D eigenvalue weighted by Gasteiger charge is -2.29. The zero-order valence-corrected chi connectivity index (χ0v) is 25.4. The molecule has 1 aliphatic rings. The van der Waals surface area contributed by atoms with Gasteiger partial charge in [0.05, 0.1) is 5.52 Å². The Bertz CT molecular complexity index is 1440. The smallest absolute Gasteiger partial charge is 0.251 e. The molecule has 6 heteroatoms. The van der Waals surface area contributed by atoms with Gasteiger partial charge in [-0.1, -0.05) is 74.7 Å². The fraction of sp³-hybridized carbons (Fsp3) is 0.417. The highest BCUT2D eigenvalue weighted by molar-refractivity contribution is 5.94. The zero-order chi connectivity index (χ0) is 29.3. The maximum Gasteiger partial charge on any atom is 0.251 e. The number of fused-ring (bicyclic) bond motifs is 1. The van der Waals surface area contributed by atoms with Gasteiger partial charge in [-0.3, -0.25) is 4.79 Å². The van der Waals surface area contributed by atoms with Crippen LogP contribution < -0.4 is 15.5 Å². The molecule has 0 unspecified atom stereocenters. The standard InChI is InChI=1S/C36H45N5O/c1-4-5-6-7-10-26-13-17-28(18-14-26)29-19-21-30(22-20-29)35(42)37-25-27-15-23-31(24-16-27)38-36-39-33-12-9-8-11-32(33)34(40-36)41(2)3/h8-9,11-14,17-22,27,31H,4-7,10,15-16,23-25H2,1-3H3,(H,37,42)(H,38,39,40). The topological polar surface area (TPSA) is 70.2 Å². The number of amides is 1. The Balaban J connectivity index is 1.07. The lowest BCUT2D eigenvalue weighted by molar-refractivity contribution is 0.0943. The van der Waals surface area contributed by atoms with Crippen LogP contribution in [0.4, 0.5) is 11.8 Å². The summed E-state index contributed by atoms with van der Waals surface area (Å²) in [6, 6.07) is 25.3. The fourth-order valence-electron chi connectivity index (χ4n) is 5.93. The summed E-state index contributed by atoms with van der Waals surface area (Å²) in [5.41, 5.74) is 5.40. The van der Waals surface area contributed by atoms with Gasteiger partial charge in [-0.05, 0) is 85.4 Å². The van der Waals surface area contributed by atoms with Crippen LogP contribution in [0.1, 0.15) is 74.2 Å². The number of anilines is 2. The van der Waals surface area contributed by atoms with E-state index in [0.29, 0.717) is 30.0 Å². The molecule has 0 spiro atoms. The molecule has 1 aromatic heterocycles. The van der Waals surface area contributed by atoms with Crippen molar-refractivity contribution in [2.45, 2.75) is 70.8 Å². The molecular weight excluding hydrogens is 518 g/mol. The Hall–Kier alpha value is -3.93. The largest absolute Gasteiger partial charge is 0.362 e. The fourth-order valence-corrected chi connectivity index (χ4v) is 5.93. The van der Waals surface area contributed by atoms with Crippen molar-refractivity contribution in [1.82, 2.24) is 15.3 Å². The van der Waals surface area contributed by atoms with E-state index >= 15 is 0 Å². The first-order chi connectivity index (χ1) is 20.5. The molecular formula is C36H45N5O. The van der Waals surface area contributed by atoms with Crippen molar-refractivity contribution in [1.29, 1.82) is 0 Å². The van der Waals surface area contributed by atoms with E-state index in [1.54, 1.807) is 0 Å². The minimum atomic E-state index is 0.00463. The molecule has 42 heavy (non-hydrogen) atoms. The van der Waals surface area contributed by atoms with Crippen molar-refractivity contribution >= 4 is 28.6 Å². The molecule has 220 valence electrons. The Morgan fingerprint density at radius 2 is 1.52 bits per heavy atom. The van der Waals surface area contributed by atoms with Gasteiger partial charge in [-0.15, -0.1) is 0 Å². The summed E-state index contributed by atoms with van der Waals surface area (Å²) >= 11 is 0. The number of carbonyl (C=O) groups is 1. The molecule has 0 aliphatic heterocycles. The number of nitrogens with zero attached hydrogens (tertiary/aromatic N) is 3.